The summed E-state index contributed by atoms with van der Waals surface area (Å²) in [5.41, 5.74) is 3.07. The maximum Gasteiger partial charge on any atom is 0.234 e. The number of nitrogens with one attached hydrogen (secondary N) is 2. The summed E-state index contributed by atoms with van der Waals surface area (Å²) in [5.74, 6) is 0.691. The van der Waals surface area contributed by atoms with Crippen LogP contribution < -0.4 is 10.6 Å². The molecule has 0 spiro atoms. The van der Waals surface area contributed by atoms with Crippen LogP contribution in [-0.2, 0) is 4.79 Å². The summed E-state index contributed by atoms with van der Waals surface area (Å²) in [6, 6.07) is 26.3. The quantitative estimate of drug-likeness (QED) is 0.239. The van der Waals surface area contributed by atoms with E-state index in [0.29, 0.717) is 11.0 Å². The fraction of sp³-hybridized carbons (Fsp3) is 0.160. The van der Waals surface area contributed by atoms with Crippen LogP contribution in [0.25, 0.3) is 0 Å². The molecule has 5 nitrogen and oxygen atoms in total. The molecule has 1 amide bonds. The van der Waals surface area contributed by atoms with Crippen LogP contribution in [0.3, 0.4) is 0 Å². The molecule has 0 radical (unpaired) electrons. The Kier molecular flexibility index (Phi) is 8.04. The van der Waals surface area contributed by atoms with Crippen molar-refractivity contribution in [1.29, 1.82) is 0 Å². The first-order valence-corrected chi connectivity index (χ1v) is 13.1. The van der Waals surface area contributed by atoms with Gasteiger partial charge in [-0.1, -0.05) is 91.2 Å². The van der Waals surface area contributed by atoms with Gasteiger partial charge in [-0.3, -0.25) is 4.79 Å². The summed E-state index contributed by atoms with van der Waals surface area (Å²) in [4.78, 5) is 14.7. The average Bonchev–Trinajstić information content (AvgIpc) is 3.27. The lowest BCUT2D eigenvalue weighted by Crippen LogP contribution is -2.14. The van der Waals surface area contributed by atoms with Crippen molar-refractivity contribution in [2.75, 3.05) is 16.4 Å². The highest BCUT2D eigenvalue weighted by Gasteiger charge is 2.11. The second-order valence-electron chi connectivity index (χ2n) is 7.52. The molecule has 2 N–H and O–H groups in total. The zero-order chi connectivity index (χ0) is 23.0. The van der Waals surface area contributed by atoms with Crippen molar-refractivity contribution >= 4 is 57.3 Å². The first-order valence-electron chi connectivity index (χ1n) is 10.5. The predicted octanol–water partition coefficient (Wildman–Crippen LogP) is 7.29. The largest absolute Gasteiger partial charge is 0.330 e. The van der Waals surface area contributed by atoms with E-state index in [2.05, 4.69) is 58.9 Å². The topological polar surface area (TPSA) is 66.9 Å². The van der Waals surface area contributed by atoms with Gasteiger partial charge in [-0.2, -0.15) is 0 Å². The Labute approximate surface area is 206 Å². The Morgan fingerprint density at radius 3 is 2.42 bits per heavy atom. The normalized spacial score (nSPS) is 10.9. The molecule has 0 fully saturated rings. The molecule has 0 atom stereocenters. The van der Waals surface area contributed by atoms with Crippen molar-refractivity contribution in [3.05, 3.63) is 84.4 Å². The molecule has 4 aromatic rings. The number of benzene rings is 3. The smallest absolute Gasteiger partial charge is 0.234 e. The predicted molar refractivity (Wildman–Crippen MR) is 140 cm³/mol. The number of hydrogen-bond donors (Lipinski definition) is 2. The minimum Gasteiger partial charge on any atom is -0.330 e. The van der Waals surface area contributed by atoms with Gasteiger partial charge in [-0.05, 0) is 47.9 Å². The summed E-state index contributed by atoms with van der Waals surface area (Å²) < 4.78 is 0.749. The third-order valence-corrected chi connectivity index (χ3v) is 7.75. The number of para-hydroxylation sites is 1. The van der Waals surface area contributed by atoms with Gasteiger partial charge in [-0.25, -0.2) is 0 Å². The van der Waals surface area contributed by atoms with E-state index in [-0.39, 0.29) is 11.7 Å². The van der Waals surface area contributed by atoms with E-state index in [1.54, 1.807) is 11.8 Å². The van der Waals surface area contributed by atoms with E-state index in [9.17, 15) is 4.79 Å². The third-order valence-electron chi connectivity index (χ3n) is 4.69. The number of nitrogens with zero attached hydrogens (tertiary/aromatic N) is 2. The Bertz CT molecular complexity index is 1190. The standard InChI is InChI=1S/C25H24N4OS3/c1-17(2)18-12-14-19(15-13-18)26-24-28-29-25(33-24)31-16-23(30)27-21-10-6-7-11-22(21)32-20-8-4-3-5-9-20/h3-15,17H,16H2,1-2H3,(H,26,28)(H,27,30). The summed E-state index contributed by atoms with van der Waals surface area (Å²) in [7, 11) is 0. The van der Waals surface area contributed by atoms with Gasteiger partial charge >= 0.3 is 0 Å². The zero-order valence-corrected chi connectivity index (χ0v) is 20.8. The average molecular weight is 493 g/mol. The number of carbonyl (C=O) groups excluding carboxylic acids is 1. The van der Waals surface area contributed by atoms with E-state index in [4.69, 9.17) is 0 Å². The van der Waals surface area contributed by atoms with Gasteiger partial charge in [0.2, 0.25) is 11.0 Å². The molecule has 0 saturated carbocycles. The van der Waals surface area contributed by atoms with Gasteiger partial charge in [0, 0.05) is 15.5 Å². The number of anilines is 3. The van der Waals surface area contributed by atoms with Crippen molar-refractivity contribution in [3.63, 3.8) is 0 Å². The lowest BCUT2D eigenvalue weighted by atomic mass is 10.0. The molecule has 33 heavy (non-hydrogen) atoms. The fourth-order valence-corrected chi connectivity index (χ4v) is 5.48. The van der Waals surface area contributed by atoms with Crippen molar-refractivity contribution in [1.82, 2.24) is 10.2 Å². The molecule has 0 aliphatic rings. The lowest BCUT2D eigenvalue weighted by molar-refractivity contribution is -0.113. The minimum absolute atomic E-state index is 0.0740. The Balaban J connectivity index is 1.31. The van der Waals surface area contributed by atoms with Crippen molar-refractivity contribution in [3.8, 4) is 0 Å². The summed E-state index contributed by atoms with van der Waals surface area (Å²) in [6.07, 6.45) is 0. The lowest BCUT2D eigenvalue weighted by Gasteiger charge is -2.10. The molecule has 4 rings (SSSR count). The zero-order valence-electron chi connectivity index (χ0n) is 18.3. The highest BCUT2D eigenvalue weighted by atomic mass is 32.2. The van der Waals surface area contributed by atoms with Gasteiger partial charge < -0.3 is 10.6 Å². The molecule has 168 valence electrons. The molecular weight excluding hydrogens is 469 g/mol. The maximum atomic E-state index is 12.6. The van der Waals surface area contributed by atoms with E-state index < -0.39 is 0 Å². The number of amides is 1. The molecule has 0 unspecified atom stereocenters. The van der Waals surface area contributed by atoms with Crippen LogP contribution in [0.2, 0.25) is 0 Å². The number of aromatic nitrogens is 2. The molecule has 1 aromatic heterocycles. The van der Waals surface area contributed by atoms with Crippen LogP contribution in [0.1, 0.15) is 25.3 Å². The van der Waals surface area contributed by atoms with Crippen LogP contribution in [0, 0.1) is 0 Å². The van der Waals surface area contributed by atoms with Crippen LogP contribution in [-0.4, -0.2) is 21.9 Å². The van der Waals surface area contributed by atoms with Crippen LogP contribution in [0.4, 0.5) is 16.5 Å². The van der Waals surface area contributed by atoms with Gasteiger partial charge in [0.05, 0.1) is 11.4 Å². The Hall–Kier alpha value is -2.81. The second-order valence-corrected chi connectivity index (χ2v) is 10.8. The first-order chi connectivity index (χ1) is 16.1. The Morgan fingerprint density at radius 2 is 1.67 bits per heavy atom. The molecular formula is C25H24N4OS3. The van der Waals surface area contributed by atoms with Gasteiger partial charge in [0.25, 0.3) is 0 Å². The number of rotatable bonds is 9. The fourth-order valence-electron chi connectivity index (χ4n) is 2.98. The molecule has 8 heteroatoms. The van der Waals surface area contributed by atoms with Crippen molar-refractivity contribution in [2.45, 2.75) is 33.9 Å². The van der Waals surface area contributed by atoms with Gasteiger partial charge in [-0.15, -0.1) is 10.2 Å². The molecule has 0 aliphatic heterocycles. The van der Waals surface area contributed by atoms with Gasteiger partial charge in [0.15, 0.2) is 4.34 Å². The Morgan fingerprint density at radius 1 is 0.939 bits per heavy atom. The highest BCUT2D eigenvalue weighted by molar-refractivity contribution is 8.01. The SMILES string of the molecule is CC(C)c1ccc(Nc2nnc(SCC(=O)Nc3ccccc3Sc3ccccc3)s2)cc1. The molecule has 0 saturated heterocycles. The first kappa shape index (κ1) is 23.4. The molecule has 3 aromatic carbocycles. The number of thioether (sulfide) groups is 1. The van der Waals surface area contributed by atoms with Crippen LogP contribution >= 0.6 is 34.9 Å². The highest BCUT2D eigenvalue weighted by Crippen LogP contribution is 2.33. The number of carbonyl (C=O) groups is 1. The van der Waals surface area contributed by atoms with Crippen molar-refractivity contribution in [2.24, 2.45) is 0 Å². The van der Waals surface area contributed by atoms with E-state index in [1.807, 2.05) is 54.6 Å². The maximum absolute atomic E-state index is 12.6. The molecule has 0 bridgehead atoms. The van der Waals surface area contributed by atoms with E-state index in [1.165, 1.54) is 28.7 Å². The number of hydrogen-bond acceptors (Lipinski definition) is 7. The minimum atomic E-state index is -0.0740. The summed E-state index contributed by atoms with van der Waals surface area (Å²) >= 11 is 4.45. The molecule has 1 heterocycles. The second kappa shape index (κ2) is 11.4. The summed E-state index contributed by atoms with van der Waals surface area (Å²) in [5, 5.41) is 15.4. The molecule has 0 aliphatic carbocycles. The monoisotopic (exact) mass is 492 g/mol. The van der Waals surface area contributed by atoms with Crippen LogP contribution in [0.15, 0.2) is 93.0 Å². The van der Waals surface area contributed by atoms with Crippen LogP contribution in [0.5, 0.6) is 0 Å². The summed E-state index contributed by atoms with van der Waals surface area (Å²) in [6.45, 7) is 4.35. The van der Waals surface area contributed by atoms with E-state index >= 15 is 0 Å². The van der Waals surface area contributed by atoms with Crippen molar-refractivity contribution < 1.29 is 4.79 Å². The van der Waals surface area contributed by atoms with Gasteiger partial charge in [0.1, 0.15) is 0 Å². The third kappa shape index (κ3) is 6.83. The van der Waals surface area contributed by atoms with E-state index in [0.717, 1.165) is 25.5 Å².